The maximum atomic E-state index is 11.2. The molecule has 0 amide bonds. The van der Waals surface area contributed by atoms with E-state index in [1.54, 1.807) is 19.2 Å². The fourth-order valence-corrected chi connectivity index (χ4v) is 3.92. The molecule has 1 aromatic carbocycles. The van der Waals surface area contributed by atoms with Crippen LogP contribution in [0.1, 0.15) is 31.2 Å². The quantitative estimate of drug-likeness (QED) is 0.639. The molecule has 132 valence electrons. The van der Waals surface area contributed by atoms with Crippen LogP contribution in [0.5, 0.6) is 0 Å². The third kappa shape index (κ3) is 3.87. The first-order valence-corrected chi connectivity index (χ1v) is 8.81. The van der Waals surface area contributed by atoms with Crippen LogP contribution >= 0.6 is 0 Å². The molecule has 3 rings (SSSR count). The van der Waals surface area contributed by atoms with Gasteiger partial charge in [0.15, 0.2) is 0 Å². The summed E-state index contributed by atoms with van der Waals surface area (Å²) >= 11 is 0. The fourth-order valence-electron chi connectivity index (χ4n) is 3.92. The highest BCUT2D eigenvalue weighted by atomic mass is 16.6. The van der Waals surface area contributed by atoms with E-state index in [1.165, 1.54) is 12.8 Å². The number of nitrogens with one attached hydrogen (secondary N) is 1. The van der Waals surface area contributed by atoms with Crippen LogP contribution in [-0.4, -0.2) is 48.7 Å². The molecule has 6 nitrogen and oxygen atoms in total. The van der Waals surface area contributed by atoms with Crippen molar-refractivity contribution in [3.63, 3.8) is 0 Å². The minimum absolute atomic E-state index is 0.171. The summed E-state index contributed by atoms with van der Waals surface area (Å²) in [5.41, 5.74) is 1.87. The lowest BCUT2D eigenvalue weighted by Gasteiger charge is -2.45. The Morgan fingerprint density at radius 2 is 2.04 bits per heavy atom. The zero-order valence-electron chi connectivity index (χ0n) is 14.5. The van der Waals surface area contributed by atoms with Gasteiger partial charge in [-0.25, -0.2) is 0 Å². The predicted octanol–water partition coefficient (Wildman–Crippen LogP) is 3.20. The first kappa shape index (κ1) is 17.2. The molecule has 0 bridgehead atoms. The number of nitrogens with zero attached hydrogens (tertiary/aromatic N) is 2. The number of rotatable bonds is 6. The maximum absolute atomic E-state index is 11.2. The molecule has 1 aromatic rings. The van der Waals surface area contributed by atoms with Gasteiger partial charge in [0, 0.05) is 45.0 Å². The van der Waals surface area contributed by atoms with Gasteiger partial charge >= 0.3 is 0 Å². The van der Waals surface area contributed by atoms with E-state index in [4.69, 9.17) is 4.74 Å². The van der Waals surface area contributed by atoms with Crippen LogP contribution in [0.25, 0.3) is 0 Å². The van der Waals surface area contributed by atoms with Gasteiger partial charge in [-0.05, 0) is 50.2 Å². The molecule has 0 atom stereocenters. The summed E-state index contributed by atoms with van der Waals surface area (Å²) in [6, 6.07) is 6.29. The van der Waals surface area contributed by atoms with Gasteiger partial charge < -0.3 is 15.0 Å². The van der Waals surface area contributed by atoms with E-state index in [9.17, 15) is 10.1 Å². The van der Waals surface area contributed by atoms with Crippen molar-refractivity contribution in [2.45, 2.75) is 44.7 Å². The van der Waals surface area contributed by atoms with Crippen LogP contribution < -0.4 is 5.32 Å². The van der Waals surface area contributed by atoms with Gasteiger partial charge in [0.2, 0.25) is 0 Å². The van der Waals surface area contributed by atoms with E-state index < -0.39 is 0 Å². The molecule has 0 radical (unpaired) electrons. The molecule has 0 aromatic heterocycles. The Balaban J connectivity index is 1.51. The van der Waals surface area contributed by atoms with Crippen LogP contribution in [0, 0.1) is 23.0 Å². The van der Waals surface area contributed by atoms with Crippen LogP contribution in [0.4, 0.5) is 11.4 Å². The topological polar surface area (TPSA) is 67.6 Å². The number of ether oxygens (including phenoxy) is 1. The minimum atomic E-state index is -0.304. The number of benzene rings is 1. The number of likely N-dealkylation sites (tertiary alicyclic amines) is 1. The van der Waals surface area contributed by atoms with Gasteiger partial charge in [0.1, 0.15) is 5.69 Å². The van der Waals surface area contributed by atoms with E-state index in [0.29, 0.717) is 17.8 Å². The standard InChI is InChI=1S/C18H27N3O3/c1-13-3-4-18(21(22)23)17(9-13)19-15-5-7-20(8-6-15)16-10-14(11-16)12-24-2/h3-4,9,14-16,19H,5-8,10-12H2,1-2H3. The van der Waals surface area contributed by atoms with Gasteiger partial charge in [-0.1, -0.05) is 6.07 Å². The molecular weight excluding hydrogens is 306 g/mol. The molecule has 1 aliphatic carbocycles. The first-order chi connectivity index (χ1) is 11.6. The number of nitro groups is 1. The normalized spacial score (nSPS) is 25.2. The lowest BCUT2D eigenvalue weighted by molar-refractivity contribution is -0.384. The molecule has 1 saturated carbocycles. The minimum Gasteiger partial charge on any atom is -0.384 e. The highest BCUT2D eigenvalue weighted by Crippen LogP contribution is 2.34. The summed E-state index contributed by atoms with van der Waals surface area (Å²) in [7, 11) is 1.77. The van der Waals surface area contributed by atoms with Crippen molar-refractivity contribution >= 4 is 11.4 Å². The molecule has 6 heteroatoms. The number of nitro benzene ring substituents is 1. The molecular formula is C18H27N3O3. The Labute approximate surface area is 143 Å². The van der Waals surface area contributed by atoms with Crippen LogP contribution in [0.3, 0.4) is 0 Å². The van der Waals surface area contributed by atoms with E-state index >= 15 is 0 Å². The molecule has 0 spiro atoms. The SMILES string of the molecule is COCC1CC(N2CCC(Nc3cc(C)ccc3[N+](=O)[O-])CC2)C1. The zero-order valence-corrected chi connectivity index (χ0v) is 14.5. The summed E-state index contributed by atoms with van der Waals surface area (Å²) in [6.45, 7) is 4.99. The number of hydrogen-bond donors (Lipinski definition) is 1. The van der Waals surface area contributed by atoms with E-state index in [0.717, 1.165) is 44.0 Å². The summed E-state index contributed by atoms with van der Waals surface area (Å²) in [4.78, 5) is 13.5. The van der Waals surface area contributed by atoms with Crippen molar-refractivity contribution in [3.8, 4) is 0 Å². The van der Waals surface area contributed by atoms with Gasteiger partial charge in [-0.15, -0.1) is 0 Å². The summed E-state index contributed by atoms with van der Waals surface area (Å²) in [5, 5.41) is 14.6. The third-order valence-electron chi connectivity index (χ3n) is 5.37. The molecule has 24 heavy (non-hydrogen) atoms. The Morgan fingerprint density at radius 3 is 2.67 bits per heavy atom. The Kier molecular flexibility index (Phi) is 5.36. The van der Waals surface area contributed by atoms with Crippen molar-refractivity contribution in [2.75, 3.05) is 32.1 Å². The van der Waals surface area contributed by atoms with Crippen molar-refractivity contribution in [2.24, 2.45) is 5.92 Å². The van der Waals surface area contributed by atoms with E-state index in [-0.39, 0.29) is 10.6 Å². The molecule has 1 aliphatic heterocycles. The van der Waals surface area contributed by atoms with Gasteiger partial charge in [0.25, 0.3) is 5.69 Å². The largest absolute Gasteiger partial charge is 0.384 e. The number of anilines is 1. The van der Waals surface area contributed by atoms with Crippen molar-refractivity contribution in [1.29, 1.82) is 0 Å². The third-order valence-corrected chi connectivity index (χ3v) is 5.37. The van der Waals surface area contributed by atoms with Crippen molar-refractivity contribution in [1.82, 2.24) is 4.90 Å². The summed E-state index contributed by atoms with van der Waals surface area (Å²) in [5.74, 6) is 0.728. The van der Waals surface area contributed by atoms with Crippen LogP contribution in [-0.2, 0) is 4.74 Å². The molecule has 1 saturated heterocycles. The van der Waals surface area contributed by atoms with Crippen molar-refractivity contribution in [3.05, 3.63) is 33.9 Å². The maximum Gasteiger partial charge on any atom is 0.292 e. The lowest BCUT2D eigenvalue weighted by Crippen LogP contribution is -2.50. The van der Waals surface area contributed by atoms with Crippen molar-refractivity contribution < 1.29 is 9.66 Å². The monoisotopic (exact) mass is 333 g/mol. The number of methoxy groups -OCH3 is 1. The Bertz CT molecular complexity index is 579. The van der Waals surface area contributed by atoms with Crippen LogP contribution in [0.2, 0.25) is 0 Å². The zero-order chi connectivity index (χ0) is 17.1. The fraction of sp³-hybridized carbons (Fsp3) is 0.667. The number of piperidine rings is 1. The lowest BCUT2D eigenvalue weighted by atomic mass is 9.79. The highest BCUT2D eigenvalue weighted by Gasteiger charge is 2.35. The van der Waals surface area contributed by atoms with E-state index in [1.807, 2.05) is 13.0 Å². The summed E-state index contributed by atoms with van der Waals surface area (Å²) in [6.07, 6.45) is 4.57. The predicted molar refractivity (Wildman–Crippen MR) is 94.4 cm³/mol. The first-order valence-electron chi connectivity index (χ1n) is 8.81. The van der Waals surface area contributed by atoms with Gasteiger partial charge in [-0.2, -0.15) is 0 Å². The Hall–Kier alpha value is -1.66. The Morgan fingerprint density at radius 1 is 1.33 bits per heavy atom. The summed E-state index contributed by atoms with van der Waals surface area (Å²) < 4.78 is 5.22. The van der Waals surface area contributed by atoms with Gasteiger partial charge in [-0.3, -0.25) is 10.1 Å². The second-order valence-corrected chi connectivity index (χ2v) is 7.18. The van der Waals surface area contributed by atoms with Crippen LogP contribution in [0.15, 0.2) is 18.2 Å². The second kappa shape index (κ2) is 7.49. The second-order valence-electron chi connectivity index (χ2n) is 7.18. The molecule has 2 fully saturated rings. The smallest absolute Gasteiger partial charge is 0.292 e. The highest BCUT2D eigenvalue weighted by molar-refractivity contribution is 5.63. The molecule has 1 N–H and O–H groups in total. The molecule has 1 heterocycles. The van der Waals surface area contributed by atoms with E-state index in [2.05, 4.69) is 10.2 Å². The number of aryl methyl sites for hydroxylation is 1. The number of hydrogen-bond acceptors (Lipinski definition) is 5. The average molecular weight is 333 g/mol. The molecule has 0 unspecified atom stereocenters. The van der Waals surface area contributed by atoms with Gasteiger partial charge in [0.05, 0.1) is 4.92 Å². The molecule has 2 aliphatic rings. The average Bonchev–Trinajstić information content (AvgIpc) is 2.51.